The van der Waals surface area contributed by atoms with Gasteiger partial charge in [0, 0.05) is 6.42 Å². The van der Waals surface area contributed by atoms with Gasteiger partial charge >= 0.3 is 6.18 Å². The van der Waals surface area contributed by atoms with E-state index >= 15 is 0 Å². The number of hydrogen-bond acceptors (Lipinski definition) is 3. The Bertz CT molecular complexity index is 789. The fraction of sp³-hybridized carbons (Fsp3) is 0.250. The van der Waals surface area contributed by atoms with Crippen LogP contribution in [0, 0.1) is 0 Å². The van der Waals surface area contributed by atoms with Crippen LogP contribution in [-0.2, 0) is 12.6 Å². The van der Waals surface area contributed by atoms with Gasteiger partial charge in [-0.3, -0.25) is 0 Å². The first kappa shape index (κ1) is 16.1. The van der Waals surface area contributed by atoms with E-state index in [0.717, 1.165) is 11.8 Å². The summed E-state index contributed by atoms with van der Waals surface area (Å²) in [5.74, 6) is -0.131. The van der Waals surface area contributed by atoms with Crippen molar-refractivity contribution in [2.75, 3.05) is 0 Å². The number of nitrogens with two attached hydrogens (primary N) is 2. The zero-order valence-electron chi connectivity index (χ0n) is 12.5. The van der Waals surface area contributed by atoms with E-state index < -0.39 is 11.7 Å². The predicted molar refractivity (Wildman–Crippen MR) is 83.6 cm³/mol. The maximum atomic E-state index is 13.2. The van der Waals surface area contributed by atoms with Crippen LogP contribution in [0.1, 0.15) is 34.8 Å². The maximum Gasteiger partial charge on any atom is 0.420 e. The Balaban J connectivity index is 2.08. The molecule has 2 aromatic rings. The van der Waals surface area contributed by atoms with Crippen molar-refractivity contribution in [2.45, 2.75) is 24.9 Å². The zero-order valence-corrected chi connectivity index (χ0v) is 12.5. The Morgan fingerprint density at radius 1 is 1.12 bits per heavy atom. The van der Waals surface area contributed by atoms with Crippen LogP contribution in [0.4, 0.5) is 13.2 Å². The highest BCUT2D eigenvalue weighted by Gasteiger charge is 2.41. The third-order valence-corrected chi connectivity index (χ3v) is 3.89. The SMILES string of the molecule is NC(N)=N/N=C1/CC(c2ccccc2)Cc2occ(C(F)(F)F)c21. The van der Waals surface area contributed by atoms with E-state index in [1.807, 2.05) is 30.3 Å². The summed E-state index contributed by atoms with van der Waals surface area (Å²) in [5, 5.41) is 7.37. The summed E-state index contributed by atoms with van der Waals surface area (Å²) in [6.45, 7) is 0. The fourth-order valence-corrected chi connectivity index (χ4v) is 2.87. The largest absolute Gasteiger partial charge is 0.468 e. The summed E-state index contributed by atoms with van der Waals surface area (Å²) in [7, 11) is 0. The lowest BCUT2D eigenvalue weighted by molar-refractivity contribution is -0.138. The van der Waals surface area contributed by atoms with Gasteiger partial charge in [0.05, 0.1) is 11.3 Å². The molecule has 1 aliphatic carbocycles. The molecule has 0 bridgehead atoms. The molecule has 1 atom stereocenters. The van der Waals surface area contributed by atoms with Crippen molar-refractivity contribution < 1.29 is 17.6 Å². The molecular formula is C16H15F3N4O. The fourth-order valence-electron chi connectivity index (χ4n) is 2.87. The molecule has 1 aromatic carbocycles. The minimum atomic E-state index is -4.53. The van der Waals surface area contributed by atoms with Gasteiger partial charge in [-0.15, -0.1) is 5.10 Å². The average Bonchev–Trinajstić information content (AvgIpc) is 2.97. The van der Waals surface area contributed by atoms with E-state index in [4.69, 9.17) is 15.9 Å². The number of furan rings is 1. The van der Waals surface area contributed by atoms with Crippen molar-refractivity contribution in [3.8, 4) is 0 Å². The van der Waals surface area contributed by atoms with Crippen LogP contribution in [0.3, 0.4) is 0 Å². The lowest BCUT2D eigenvalue weighted by Gasteiger charge is -2.23. The molecule has 3 rings (SSSR count). The Morgan fingerprint density at radius 3 is 2.46 bits per heavy atom. The summed E-state index contributed by atoms with van der Waals surface area (Å²) < 4.78 is 44.8. The summed E-state index contributed by atoms with van der Waals surface area (Å²) in [4.78, 5) is 0. The number of fused-ring (bicyclic) bond motifs is 1. The molecule has 0 saturated heterocycles. The smallest absolute Gasteiger partial charge is 0.420 e. The average molecular weight is 336 g/mol. The van der Waals surface area contributed by atoms with Gasteiger partial charge in [-0.1, -0.05) is 30.3 Å². The lowest BCUT2D eigenvalue weighted by atomic mass is 9.81. The number of benzene rings is 1. The molecule has 126 valence electrons. The second kappa shape index (κ2) is 6.03. The molecule has 0 radical (unpaired) electrons. The molecule has 0 aliphatic heterocycles. The van der Waals surface area contributed by atoms with Gasteiger partial charge in [0.1, 0.15) is 17.6 Å². The molecule has 4 N–H and O–H groups in total. The van der Waals surface area contributed by atoms with Crippen molar-refractivity contribution >= 4 is 11.7 Å². The summed E-state index contributed by atoms with van der Waals surface area (Å²) in [6, 6.07) is 9.46. The highest BCUT2D eigenvalue weighted by molar-refractivity contribution is 6.04. The van der Waals surface area contributed by atoms with E-state index in [-0.39, 0.29) is 35.3 Å². The van der Waals surface area contributed by atoms with Crippen LogP contribution in [0.5, 0.6) is 0 Å². The molecule has 0 amide bonds. The van der Waals surface area contributed by atoms with Crippen LogP contribution >= 0.6 is 0 Å². The lowest BCUT2D eigenvalue weighted by Crippen LogP contribution is -2.24. The van der Waals surface area contributed by atoms with E-state index in [9.17, 15) is 13.2 Å². The van der Waals surface area contributed by atoms with Gasteiger partial charge in [0.15, 0.2) is 0 Å². The molecule has 1 unspecified atom stereocenters. The van der Waals surface area contributed by atoms with Crippen LogP contribution in [0.2, 0.25) is 0 Å². The van der Waals surface area contributed by atoms with Crippen molar-refractivity contribution in [2.24, 2.45) is 21.7 Å². The van der Waals surface area contributed by atoms with Gasteiger partial charge in [-0.25, -0.2) is 0 Å². The standard InChI is InChI=1S/C16H15F3N4O/c17-16(18,19)11-8-24-13-7-10(9-4-2-1-3-5-9)6-12(14(11)13)22-23-15(20)21/h1-5,8,10H,6-7H2,(H4,20,21,23)/b22-12-. The van der Waals surface area contributed by atoms with E-state index in [2.05, 4.69) is 10.2 Å². The Hall–Kier alpha value is -2.77. The van der Waals surface area contributed by atoms with Gasteiger partial charge in [0.25, 0.3) is 0 Å². The number of nitrogens with zero attached hydrogens (tertiary/aromatic N) is 2. The predicted octanol–water partition coefficient (Wildman–Crippen LogP) is 3.01. The molecule has 1 heterocycles. The highest BCUT2D eigenvalue weighted by atomic mass is 19.4. The van der Waals surface area contributed by atoms with Gasteiger partial charge in [0.2, 0.25) is 5.96 Å². The molecule has 0 spiro atoms. The summed E-state index contributed by atoms with van der Waals surface area (Å²) >= 11 is 0. The zero-order chi connectivity index (χ0) is 17.3. The maximum absolute atomic E-state index is 13.2. The first-order valence-corrected chi connectivity index (χ1v) is 7.24. The van der Waals surface area contributed by atoms with Crippen LogP contribution in [0.15, 0.2) is 51.2 Å². The van der Waals surface area contributed by atoms with E-state index in [1.54, 1.807) is 0 Å². The van der Waals surface area contributed by atoms with Crippen molar-refractivity contribution in [1.82, 2.24) is 0 Å². The van der Waals surface area contributed by atoms with Crippen LogP contribution in [-0.4, -0.2) is 11.7 Å². The Kier molecular flexibility index (Phi) is 4.04. The van der Waals surface area contributed by atoms with Gasteiger partial charge in [-0.2, -0.15) is 18.3 Å². The van der Waals surface area contributed by atoms with Crippen LogP contribution in [0.25, 0.3) is 0 Å². The van der Waals surface area contributed by atoms with E-state index in [1.165, 1.54) is 0 Å². The topological polar surface area (TPSA) is 89.9 Å². The molecule has 24 heavy (non-hydrogen) atoms. The molecule has 0 saturated carbocycles. The number of hydrogen-bond donors (Lipinski definition) is 2. The normalized spacial score (nSPS) is 19.1. The first-order valence-electron chi connectivity index (χ1n) is 7.24. The third kappa shape index (κ3) is 3.12. The number of halogens is 3. The molecule has 0 fully saturated rings. The van der Waals surface area contributed by atoms with Crippen molar-refractivity contribution in [3.05, 3.63) is 59.0 Å². The first-order chi connectivity index (χ1) is 11.4. The van der Waals surface area contributed by atoms with Gasteiger partial charge in [-0.05, 0) is 17.9 Å². The molecule has 1 aliphatic rings. The minimum absolute atomic E-state index is 0.0559. The molecular weight excluding hydrogens is 321 g/mol. The molecule has 8 heteroatoms. The highest BCUT2D eigenvalue weighted by Crippen LogP contribution is 2.41. The van der Waals surface area contributed by atoms with E-state index in [0.29, 0.717) is 6.42 Å². The van der Waals surface area contributed by atoms with Crippen molar-refractivity contribution in [3.63, 3.8) is 0 Å². The number of rotatable bonds is 2. The Labute approximate surface area is 135 Å². The van der Waals surface area contributed by atoms with Crippen molar-refractivity contribution in [1.29, 1.82) is 0 Å². The monoisotopic (exact) mass is 336 g/mol. The Morgan fingerprint density at radius 2 is 1.83 bits per heavy atom. The molecule has 5 nitrogen and oxygen atoms in total. The summed E-state index contributed by atoms with van der Waals surface area (Å²) in [6.07, 6.45) is -3.16. The van der Waals surface area contributed by atoms with Gasteiger partial charge < -0.3 is 15.9 Å². The number of alkyl halides is 3. The number of guanidine groups is 1. The second-order valence-electron chi connectivity index (χ2n) is 5.53. The second-order valence-corrected chi connectivity index (χ2v) is 5.53. The summed E-state index contributed by atoms with van der Waals surface area (Å²) in [5.41, 5.74) is 10.7. The quantitative estimate of drug-likeness (QED) is 0.502. The minimum Gasteiger partial charge on any atom is -0.468 e. The third-order valence-electron chi connectivity index (χ3n) is 3.89. The van der Waals surface area contributed by atoms with Crippen LogP contribution < -0.4 is 11.5 Å². The molecule has 1 aromatic heterocycles.